The number of thioether (sulfide) groups is 1. The van der Waals surface area contributed by atoms with Gasteiger partial charge in [-0.2, -0.15) is 11.8 Å². The van der Waals surface area contributed by atoms with Gasteiger partial charge in [0.15, 0.2) is 0 Å². The lowest BCUT2D eigenvalue weighted by Gasteiger charge is -2.47. The van der Waals surface area contributed by atoms with E-state index in [0.29, 0.717) is 29.4 Å². The van der Waals surface area contributed by atoms with Crippen LogP contribution in [0.2, 0.25) is 0 Å². The van der Waals surface area contributed by atoms with E-state index in [-0.39, 0.29) is 0 Å². The average Bonchev–Trinajstić information content (AvgIpc) is 3.00. The molecule has 1 N–H and O–H groups in total. The zero-order valence-corrected chi connectivity index (χ0v) is 16.1. The van der Waals surface area contributed by atoms with Gasteiger partial charge in [0.05, 0.1) is 5.75 Å². The van der Waals surface area contributed by atoms with Crippen molar-refractivity contribution in [2.45, 2.75) is 45.1 Å². The van der Waals surface area contributed by atoms with Crippen molar-refractivity contribution in [3.63, 3.8) is 0 Å². The van der Waals surface area contributed by atoms with Gasteiger partial charge in [0.25, 0.3) is 0 Å². The Bertz CT molecular complexity index is 768. The number of H-pyrrole nitrogens is 1. The van der Waals surface area contributed by atoms with Gasteiger partial charge in [-0.15, -0.1) is 0 Å². The molecule has 2 aliphatic rings. The summed E-state index contributed by atoms with van der Waals surface area (Å²) in [5, 5.41) is 1.48. The predicted octanol–water partition coefficient (Wildman–Crippen LogP) is 4.23. The molecule has 4 rings (SSSR count). The molecule has 1 saturated heterocycles. The molecule has 4 heteroatoms. The second kappa shape index (κ2) is 7.16. The highest BCUT2D eigenvalue weighted by Gasteiger charge is 2.40. The number of piperidine rings is 1. The molecule has 1 aromatic carbocycles. The van der Waals surface area contributed by atoms with Gasteiger partial charge < -0.3 is 4.98 Å². The van der Waals surface area contributed by atoms with Crippen LogP contribution in [0.25, 0.3) is 10.9 Å². The van der Waals surface area contributed by atoms with Crippen LogP contribution in [0.3, 0.4) is 0 Å². The molecule has 2 aromatic rings. The molecule has 2 heterocycles. The Morgan fingerprint density at radius 1 is 1.40 bits per heavy atom. The molecule has 1 fully saturated rings. The summed E-state index contributed by atoms with van der Waals surface area (Å²) in [5.74, 6) is 3.39. The zero-order valence-electron chi connectivity index (χ0n) is 15.3. The fraction of sp³-hybridized carbons (Fsp3) is 0.571. The second-order valence-electron chi connectivity index (χ2n) is 7.78. The van der Waals surface area contributed by atoms with Crippen LogP contribution in [0.4, 0.5) is 0 Å². The fourth-order valence-corrected chi connectivity index (χ4v) is 5.91. The standard InChI is InChI=1S/C21H28N2OS/c1-3-7-23-11-15(13-25-12-14(2)24)8-18-17-5-4-6-19-21(17)16(10-22-19)9-20(18)23/h4-6,10,15,18,20,22H,3,7-9,11-13H2,1-2H3/t15-,18-,20-/m1/s1. The number of carbonyl (C=O) groups excluding carboxylic acids is 1. The Morgan fingerprint density at radius 2 is 2.28 bits per heavy atom. The first-order valence-corrected chi connectivity index (χ1v) is 10.7. The number of likely N-dealkylation sites (tertiary alicyclic amines) is 1. The quantitative estimate of drug-likeness (QED) is 0.841. The second-order valence-corrected chi connectivity index (χ2v) is 8.81. The number of aromatic nitrogens is 1. The summed E-state index contributed by atoms with van der Waals surface area (Å²) in [6.07, 6.45) is 5.87. The Kier molecular flexibility index (Phi) is 4.92. The maximum absolute atomic E-state index is 11.3. The average molecular weight is 357 g/mol. The van der Waals surface area contributed by atoms with Gasteiger partial charge in [0.1, 0.15) is 5.78 Å². The van der Waals surface area contributed by atoms with Gasteiger partial charge in [-0.1, -0.05) is 19.1 Å². The SMILES string of the molecule is CCCN1C[C@H](CSCC(C)=O)C[C@@H]2c3cccc4[nH]cc(c34)C[C@H]21. The van der Waals surface area contributed by atoms with Gasteiger partial charge in [-0.25, -0.2) is 0 Å². The number of ketones is 1. The molecule has 0 radical (unpaired) electrons. The summed E-state index contributed by atoms with van der Waals surface area (Å²) in [6, 6.07) is 7.41. The Labute approximate surface area is 154 Å². The third-order valence-electron chi connectivity index (χ3n) is 5.83. The molecule has 3 nitrogen and oxygen atoms in total. The third kappa shape index (κ3) is 3.26. The van der Waals surface area contributed by atoms with Gasteiger partial charge in [0, 0.05) is 35.6 Å². The van der Waals surface area contributed by atoms with Crippen LogP contribution in [0.5, 0.6) is 0 Å². The van der Waals surface area contributed by atoms with Crippen molar-refractivity contribution in [1.29, 1.82) is 0 Å². The highest BCUT2D eigenvalue weighted by molar-refractivity contribution is 7.99. The minimum Gasteiger partial charge on any atom is -0.361 e. The molecule has 134 valence electrons. The molecular weight excluding hydrogens is 328 g/mol. The first-order chi connectivity index (χ1) is 12.2. The Balaban J connectivity index is 1.61. The van der Waals surface area contributed by atoms with Crippen LogP contribution in [0, 0.1) is 5.92 Å². The summed E-state index contributed by atoms with van der Waals surface area (Å²) < 4.78 is 0. The lowest BCUT2D eigenvalue weighted by atomic mass is 9.72. The molecule has 0 amide bonds. The van der Waals surface area contributed by atoms with Crippen molar-refractivity contribution < 1.29 is 4.79 Å². The number of aromatic amines is 1. The van der Waals surface area contributed by atoms with Crippen LogP contribution in [0.15, 0.2) is 24.4 Å². The minimum atomic E-state index is 0.295. The van der Waals surface area contributed by atoms with E-state index < -0.39 is 0 Å². The van der Waals surface area contributed by atoms with Crippen LogP contribution in [-0.2, 0) is 11.2 Å². The predicted molar refractivity (Wildman–Crippen MR) is 107 cm³/mol. The van der Waals surface area contributed by atoms with Gasteiger partial charge in [0.2, 0.25) is 0 Å². The van der Waals surface area contributed by atoms with E-state index in [9.17, 15) is 4.79 Å². The van der Waals surface area contributed by atoms with E-state index in [0.717, 1.165) is 5.75 Å². The number of fused-ring (bicyclic) bond motifs is 2. The van der Waals surface area contributed by atoms with Crippen molar-refractivity contribution in [3.8, 4) is 0 Å². The highest BCUT2D eigenvalue weighted by atomic mass is 32.2. The molecule has 0 unspecified atom stereocenters. The summed E-state index contributed by atoms with van der Waals surface area (Å²) in [4.78, 5) is 17.5. The largest absolute Gasteiger partial charge is 0.361 e. The van der Waals surface area contributed by atoms with E-state index in [4.69, 9.17) is 0 Å². The van der Waals surface area contributed by atoms with Crippen LogP contribution >= 0.6 is 11.8 Å². The van der Waals surface area contributed by atoms with Gasteiger partial charge in [-0.05, 0) is 61.6 Å². The molecule has 3 atom stereocenters. The number of Topliss-reactive ketones (excluding diaryl/α,β-unsaturated/α-hetero) is 1. The number of rotatable bonds is 6. The summed E-state index contributed by atoms with van der Waals surface area (Å²) in [5.41, 5.74) is 4.34. The first-order valence-electron chi connectivity index (χ1n) is 9.57. The number of hydrogen-bond acceptors (Lipinski definition) is 3. The number of hydrogen-bond donors (Lipinski definition) is 1. The molecule has 1 aliphatic carbocycles. The number of benzene rings is 1. The molecule has 1 aliphatic heterocycles. The van der Waals surface area contributed by atoms with Crippen molar-refractivity contribution in [3.05, 3.63) is 35.5 Å². The third-order valence-corrected chi connectivity index (χ3v) is 7.15. The van der Waals surface area contributed by atoms with Crippen LogP contribution in [-0.4, -0.2) is 46.3 Å². The molecular formula is C21H28N2OS. The fourth-order valence-electron chi connectivity index (χ4n) is 4.93. The van der Waals surface area contributed by atoms with E-state index in [1.54, 1.807) is 12.5 Å². The molecule has 0 saturated carbocycles. The number of nitrogens with zero attached hydrogens (tertiary/aromatic N) is 1. The van der Waals surface area contributed by atoms with Crippen molar-refractivity contribution in [1.82, 2.24) is 9.88 Å². The minimum absolute atomic E-state index is 0.295. The van der Waals surface area contributed by atoms with E-state index in [1.807, 2.05) is 11.8 Å². The maximum atomic E-state index is 11.3. The lowest BCUT2D eigenvalue weighted by molar-refractivity contribution is -0.114. The van der Waals surface area contributed by atoms with Crippen molar-refractivity contribution in [2.75, 3.05) is 24.6 Å². The first kappa shape index (κ1) is 17.2. The molecule has 25 heavy (non-hydrogen) atoms. The smallest absolute Gasteiger partial charge is 0.139 e. The van der Waals surface area contributed by atoms with Crippen LogP contribution in [0.1, 0.15) is 43.7 Å². The molecule has 0 bridgehead atoms. The van der Waals surface area contributed by atoms with Gasteiger partial charge >= 0.3 is 0 Å². The maximum Gasteiger partial charge on any atom is 0.139 e. The summed E-state index contributed by atoms with van der Waals surface area (Å²) in [7, 11) is 0. The monoisotopic (exact) mass is 356 g/mol. The number of nitrogens with one attached hydrogen (secondary N) is 1. The summed E-state index contributed by atoms with van der Waals surface area (Å²) in [6.45, 7) is 6.36. The topological polar surface area (TPSA) is 36.1 Å². The van der Waals surface area contributed by atoms with E-state index >= 15 is 0 Å². The van der Waals surface area contributed by atoms with E-state index in [2.05, 4.69) is 41.2 Å². The molecule has 1 aromatic heterocycles. The van der Waals surface area contributed by atoms with Crippen molar-refractivity contribution in [2.24, 2.45) is 5.92 Å². The highest BCUT2D eigenvalue weighted by Crippen LogP contribution is 2.45. The van der Waals surface area contributed by atoms with Crippen LogP contribution < -0.4 is 0 Å². The zero-order chi connectivity index (χ0) is 17.4. The Hall–Kier alpha value is -1.26. The summed E-state index contributed by atoms with van der Waals surface area (Å²) >= 11 is 1.82. The molecule has 0 spiro atoms. The number of carbonyl (C=O) groups is 1. The normalized spacial score (nSPS) is 25.9. The van der Waals surface area contributed by atoms with Gasteiger partial charge in [-0.3, -0.25) is 9.69 Å². The lowest BCUT2D eigenvalue weighted by Crippen LogP contribution is -2.50. The Morgan fingerprint density at radius 3 is 3.08 bits per heavy atom. The van der Waals surface area contributed by atoms with E-state index in [1.165, 1.54) is 48.8 Å². The van der Waals surface area contributed by atoms with Crippen molar-refractivity contribution >= 4 is 28.4 Å².